The van der Waals surface area contributed by atoms with E-state index in [0.717, 1.165) is 11.6 Å². The first kappa shape index (κ1) is 18.8. The highest BCUT2D eigenvalue weighted by molar-refractivity contribution is 5.73. The van der Waals surface area contributed by atoms with Gasteiger partial charge in [-0.15, -0.1) is 0 Å². The van der Waals surface area contributed by atoms with Crippen LogP contribution < -0.4 is 10.6 Å². The van der Waals surface area contributed by atoms with Gasteiger partial charge in [-0.1, -0.05) is 30.3 Å². The number of rotatable bonds is 2. The zero-order valence-corrected chi connectivity index (χ0v) is 15.3. The molecule has 0 aromatic heterocycles. The van der Waals surface area contributed by atoms with Gasteiger partial charge in [0, 0.05) is 24.1 Å². The van der Waals surface area contributed by atoms with Crippen molar-refractivity contribution >= 4 is 11.6 Å². The molecule has 1 saturated heterocycles. The van der Waals surface area contributed by atoms with Gasteiger partial charge in [-0.05, 0) is 30.2 Å². The molecule has 7 heteroatoms. The Morgan fingerprint density at radius 2 is 1.93 bits per heavy atom. The van der Waals surface area contributed by atoms with Crippen molar-refractivity contribution in [3.05, 3.63) is 65.2 Å². The second kappa shape index (κ2) is 7.13. The molecular formula is C21H21F3N2O2. The number of halogens is 3. The van der Waals surface area contributed by atoms with E-state index in [-0.39, 0.29) is 30.5 Å². The molecule has 2 aromatic rings. The Bertz CT molecular complexity index is 870. The van der Waals surface area contributed by atoms with Gasteiger partial charge in [0.05, 0.1) is 30.4 Å². The molecule has 0 saturated carbocycles. The minimum absolute atomic E-state index is 0.107. The van der Waals surface area contributed by atoms with Crippen molar-refractivity contribution in [2.75, 3.05) is 11.9 Å². The van der Waals surface area contributed by atoms with Crippen LogP contribution in [-0.2, 0) is 15.7 Å². The number of hydrogen-bond acceptors (Lipinski definition) is 3. The van der Waals surface area contributed by atoms with Crippen LogP contribution in [0.1, 0.15) is 42.2 Å². The number of hydrogen-bond donors (Lipinski definition) is 2. The van der Waals surface area contributed by atoms with Gasteiger partial charge in [-0.3, -0.25) is 4.79 Å². The van der Waals surface area contributed by atoms with Crippen molar-refractivity contribution in [2.24, 2.45) is 5.92 Å². The average molecular weight is 390 g/mol. The molecule has 2 aromatic carbocycles. The first-order valence-corrected chi connectivity index (χ1v) is 9.24. The van der Waals surface area contributed by atoms with Gasteiger partial charge in [0.1, 0.15) is 0 Å². The number of fused-ring (bicyclic) bond motifs is 3. The van der Waals surface area contributed by atoms with Crippen LogP contribution in [0, 0.1) is 5.92 Å². The van der Waals surface area contributed by atoms with E-state index in [4.69, 9.17) is 4.74 Å². The predicted molar refractivity (Wildman–Crippen MR) is 98.7 cm³/mol. The van der Waals surface area contributed by atoms with Gasteiger partial charge < -0.3 is 15.4 Å². The second-order valence-corrected chi connectivity index (χ2v) is 7.38. The smallest absolute Gasteiger partial charge is 0.378 e. The van der Waals surface area contributed by atoms with Crippen LogP contribution in [-0.4, -0.2) is 18.6 Å². The fourth-order valence-electron chi connectivity index (χ4n) is 4.25. The lowest BCUT2D eigenvalue weighted by Gasteiger charge is -2.45. The highest BCUT2D eigenvalue weighted by Crippen LogP contribution is 2.50. The van der Waals surface area contributed by atoms with E-state index in [1.165, 1.54) is 19.1 Å². The van der Waals surface area contributed by atoms with Crippen molar-refractivity contribution in [1.29, 1.82) is 0 Å². The summed E-state index contributed by atoms with van der Waals surface area (Å²) in [6.07, 6.45) is -4.26. The predicted octanol–water partition coefficient (Wildman–Crippen LogP) is 4.45. The van der Waals surface area contributed by atoms with Gasteiger partial charge in [-0.25, -0.2) is 0 Å². The molecule has 2 aliphatic rings. The Labute approximate surface area is 161 Å². The summed E-state index contributed by atoms with van der Waals surface area (Å²) in [5.41, 5.74) is 1.53. The molecule has 0 radical (unpaired) electrons. The summed E-state index contributed by atoms with van der Waals surface area (Å²) in [7, 11) is 0. The third-order valence-electron chi connectivity index (χ3n) is 5.41. The molecule has 4 atom stereocenters. The summed E-state index contributed by atoms with van der Waals surface area (Å²) in [6.45, 7) is 1.72. The van der Waals surface area contributed by atoms with Crippen LogP contribution in [0.4, 0.5) is 18.9 Å². The van der Waals surface area contributed by atoms with Crippen molar-refractivity contribution in [2.45, 2.75) is 37.7 Å². The van der Waals surface area contributed by atoms with E-state index >= 15 is 0 Å². The van der Waals surface area contributed by atoms with Crippen LogP contribution in [0.25, 0.3) is 0 Å². The number of carbonyl (C=O) groups is 1. The van der Waals surface area contributed by atoms with Gasteiger partial charge in [0.25, 0.3) is 0 Å². The molecule has 1 fully saturated rings. The number of alkyl halides is 3. The summed E-state index contributed by atoms with van der Waals surface area (Å²) >= 11 is 0. The zero-order valence-electron chi connectivity index (χ0n) is 15.3. The molecule has 4 rings (SSSR count). The van der Waals surface area contributed by atoms with Gasteiger partial charge >= 0.3 is 6.18 Å². The SMILES string of the molecule is CC(=O)N[C@@H]1COC2c3cc(C(F)(F)F)ccc3NC(c3ccccc3)C2C1. The van der Waals surface area contributed by atoms with Crippen LogP contribution in [0.5, 0.6) is 0 Å². The van der Waals surface area contributed by atoms with Crippen LogP contribution in [0.2, 0.25) is 0 Å². The summed E-state index contributed by atoms with van der Waals surface area (Å²) in [4.78, 5) is 11.5. The molecule has 0 spiro atoms. The number of anilines is 1. The Kier molecular flexibility index (Phi) is 4.79. The van der Waals surface area contributed by atoms with Crippen LogP contribution >= 0.6 is 0 Å². The maximum Gasteiger partial charge on any atom is 0.416 e. The Balaban J connectivity index is 1.73. The molecule has 3 unspecified atom stereocenters. The van der Waals surface area contributed by atoms with Gasteiger partial charge in [0.15, 0.2) is 0 Å². The number of ether oxygens (including phenoxy) is 1. The number of nitrogens with one attached hydrogen (secondary N) is 2. The molecule has 2 aliphatic heterocycles. The molecule has 0 aliphatic carbocycles. The highest BCUT2D eigenvalue weighted by atomic mass is 19.4. The molecule has 148 valence electrons. The third-order valence-corrected chi connectivity index (χ3v) is 5.41. The molecule has 4 nitrogen and oxygen atoms in total. The van der Waals surface area contributed by atoms with Gasteiger partial charge in [-0.2, -0.15) is 13.2 Å². The Hall–Kier alpha value is -2.54. The maximum absolute atomic E-state index is 13.2. The standard InChI is InChI=1S/C21H21F3N2O2/c1-12(27)25-15-10-17-19(13-5-3-2-4-6-13)26-18-8-7-14(21(22,23)24)9-16(18)20(17)28-11-15/h2-9,15,17,19-20,26H,10-11H2,1H3,(H,25,27)/t15-,17?,19?,20?/m0/s1. The minimum atomic E-state index is -4.41. The van der Waals surface area contributed by atoms with E-state index < -0.39 is 17.8 Å². The molecule has 2 heterocycles. The first-order valence-electron chi connectivity index (χ1n) is 9.24. The first-order chi connectivity index (χ1) is 13.3. The number of carbonyl (C=O) groups excluding carboxylic acids is 1. The summed E-state index contributed by atoms with van der Waals surface area (Å²) < 4.78 is 45.7. The fraction of sp³-hybridized carbons (Fsp3) is 0.381. The van der Waals surface area contributed by atoms with Crippen LogP contribution in [0.3, 0.4) is 0 Å². The topological polar surface area (TPSA) is 50.4 Å². The average Bonchev–Trinajstić information content (AvgIpc) is 2.66. The largest absolute Gasteiger partial charge is 0.416 e. The monoisotopic (exact) mass is 390 g/mol. The van der Waals surface area contributed by atoms with E-state index in [9.17, 15) is 18.0 Å². The number of benzene rings is 2. The zero-order chi connectivity index (χ0) is 19.9. The lowest BCUT2D eigenvalue weighted by Crippen LogP contribution is -2.47. The van der Waals surface area contributed by atoms with Crippen LogP contribution in [0.15, 0.2) is 48.5 Å². The minimum Gasteiger partial charge on any atom is -0.378 e. The lowest BCUT2D eigenvalue weighted by atomic mass is 9.76. The quantitative estimate of drug-likeness (QED) is 0.796. The van der Waals surface area contributed by atoms with E-state index in [1.807, 2.05) is 30.3 Å². The molecule has 1 amide bonds. The van der Waals surface area contributed by atoms with E-state index in [2.05, 4.69) is 10.6 Å². The Morgan fingerprint density at radius 3 is 2.61 bits per heavy atom. The van der Waals surface area contributed by atoms with E-state index in [0.29, 0.717) is 17.7 Å². The summed E-state index contributed by atoms with van der Waals surface area (Å²) in [5, 5.41) is 6.28. The molecule has 0 bridgehead atoms. The molecule has 28 heavy (non-hydrogen) atoms. The van der Waals surface area contributed by atoms with Crippen molar-refractivity contribution < 1.29 is 22.7 Å². The fourth-order valence-corrected chi connectivity index (χ4v) is 4.25. The van der Waals surface area contributed by atoms with Crippen molar-refractivity contribution in [1.82, 2.24) is 5.32 Å². The second-order valence-electron chi connectivity index (χ2n) is 7.38. The van der Waals surface area contributed by atoms with E-state index in [1.54, 1.807) is 0 Å². The third kappa shape index (κ3) is 3.58. The Morgan fingerprint density at radius 1 is 1.18 bits per heavy atom. The maximum atomic E-state index is 13.2. The molecular weight excluding hydrogens is 369 g/mol. The van der Waals surface area contributed by atoms with Crippen molar-refractivity contribution in [3.8, 4) is 0 Å². The van der Waals surface area contributed by atoms with Crippen molar-refractivity contribution in [3.63, 3.8) is 0 Å². The summed E-state index contributed by atoms with van der Waals surface area (Å²) in [6, 6.07) is 13.2. The summed E-state index contributed by atoms with van der Waals surface area (Å²) in [5.74, 6) is -0.254. The highest BCUT2D eigenvalue weighted by Gasteiger charge is 2.43. The number of amides is 1. The lowest BCUT2D eigenvalue weighted by molar-refractivity contribution is -0.138. The van der Waals surface area contributed by atoms with Gasteiger partial charge in [0.2, 0.25) is 5.91 Å². The molecule has 2 N–H and O–H groups in total. The normalized spacial score (nSPS) is 26.6.